The third kappa shape index (κ3) is 3.49. The van der Waals surface area contributed by atoms with Crippen LogP contribution < -0.4 is 10.6 Å². The van der Waals surface area contributed by atoms with Gasteiger partial charge in [-0.05, 0) is 12.5 Å². The normalized spacial score (nSPS) is 13.5. The summed E-state index contributed by atoms with van der Waals surface area (Å²) >= 11 is 0. The number of hydrogen-bond acceptors (Lipinski definition) is 5. The molecule has 0 fully saturated rings. The van der Waals surface area contributed by atoms with E-state index >= 15 is 0 Å². The van der Waals surface area contributed by atoms with Gasteiger partial charge in [-0.1, -0.05) is 37.3 Å². The number of aryl methyl sites for hydroxylation is 1. The molecule has 0 aliphatic heterocycles. The van der Waals surface area contributed by atoms with Crippen LogP contribution in [0.25, 0.3) is 0 Å². The van der Waals surface area contributed by atoms with Crippen molar-refractivity contribution in [3.8, 4) is 0 Å². The van der Waals surface area contributed by atoms with Gasteiger partial charge in [-0.15, -0.1) is 0 Å². The van der Waals surface area contributed by atoms with Gasteiger partial charge in [0.1, 0.15) is 17.5 Å². The lowest BCUT2D eigenvalue weighted by molar-refractivity contribution is 0.223. The molecule has 21 heavy (non-hydrogen) atoms. The minimum atomic E-state index is -0.592. The number of nitrogens with zero attached hydrogens (tertiary/aromatic N) is 2. The minimum absolute atomic E-state index is 0.0304. The van der Waals surface area contributed by atoms with Gasteiger partial charge in [-0.25, -0.2) is 9.97 Å². The number of rotatable bonds is 6. The van der Waals surface area contributed by atoms with Crippen LogP contribution in [-0.4, -0.2) is 28.7 Å². The number of aromatic nitrogens is 2. The number of benzene rings is 1. The summed E-state index contributed by atoms with van der Waals surface area (Å²) in [5.41, 5.74) is 0.418. The molecule has 5 nitrogen and oxygen atoms in total. The average Bonchev–Trinajstić information content (AvgIpc) is 2.55. The number of nitrogens with one attached hydrogen (secondary N) is 2. The van der Waals surface area contributed by atoms with Gasteiger partial charge >= 0.3 is 0 Å². The molecule has 5 heteroatoms. The summed E-state index contributed by atoms with van der Waals surface area (Å²) in [5.74, 6) is 2.22. The zero-order valence-electron chi connectivity index (χ0n) is 12.7. The van der Waals surface area contributed by atoms with Crippen LogP contribution in [0.3, 0.4) is 0 Å². The maximum atomic E-state index is 9.83. The Bertz CT molecular complexity index is 566. The minimum Gasteiger partial charge on any atom is -0.394 e. The molecule has 1 unspecified atom stereocenters. The van der Waals surface area contributed by atoms with Gasteiger partial charge in [0, 0.05) is 19.5 Å². The topological polar surface area (TPSA) is 70.1 Å². The molecule has 0 amide bonds. The number of aliphatic hydroxyl groups is 1. The van der Waals surface area contributed by atoms with E-state index in [0.29, 0.717) is 5.82 Å². The Labute approximate surface area is 125 Å². The predicted molar refractivity (Wildman–Crippen MR) is 85.5 cm³/mol. The molecule has 112 valence electrons. The van der Waals surface area contributed by atoms with E-state index in [0.717, 1.165) is 23.6 Å². The molecular formula is C16H22N4O. The Kier molecular flexibility index (Phi) is 4.75. The van der Waals surface area contributed by atoms with Crippen LogP contribution in [0.15, 0.2) is 36.4 Å². The number of anilines is 2. The number of aliphatic hydroxyl groups excluding tert-OH is 1. The Morgan fingerprint density at radius 1 is 1.14 bits per heavy atom. The highest BCUT2D eigenvalue weighted by atomic mass is 16.3. The maximum Gasteiger partial charge on any atom is 0.132 e. The van der Waals surface area contributed by atoms with E-state index in [1.54, 1.807) is 0 Å². The summed E-state index contributed by atoms with van der Waals surface area (Å²) in [5, 5.41) is 16.2. The van der Waals surface area contributed by atoms with Crippen LogP contribution in [0.1, 0.15) is 25.2 Å². The largest absolute Gasteiger partial charge is 0.394 e. The fraction of sp³-hybridized carbons (Fsp3) is 0.375. The summed E-state index contributed by atoms with van der Waals surface area (Å²) in [6.45, 7) is 3.94. The standard InChI is InChI=1S/C16H22N4O/c1-4-13-18-14(17-3)10-15(19-13)20-16(2,11-21)12-8-6-5-7-9-12/h5-10,21H,4,11H2,1-3H3,(H2,17,18,19,20). The second-order valence-corrected chi connectivity index (χ2v) is 5.14. The molecular weight excluding hydrogens is 264 g/mol. The highest BCUT2D eigenvalue weighted by molar-refractivity contribution is 5.50. The molecule has 1 heterocycles. The second-order valence-electron chi connectivity index (χ2n) is 5.14. The lowest BCUT2D eigenvalue weighted by atomic mass is 9.93. The monoisotopic (exact) mass is 286 g/mol. The van der Waals surface area contributed by atoms with Crippen LogP contribution in [0.5, 0.6) is 0 Å². The molecule has 0 saturated heterocycles. The average molecular weight is 286 g/mol. The van der Waals surface area contributed by atoms with Gasteiger partial charge in [0.25, 0.3) is 0 Å². The van der Waals surface area contributed by atoms with Gasteiger partial charge in [0.15, 0.2) is 0 Å². The lowest BCUT2D eigenvalue weighted by Crippen LogP contribution is -2.36. The second kappa shape index (κ2) is 6.54. The molecule has 0 radical (unpaired) electrons. The Morgan fingerprint density at radius 2 is 1.81 bits per heavy atom. The van der Waals surface area contributed by atoms with Crippen LogP contribution >= 0.6 is 0 Å². The maximum absolute atomic E-state index is 9.83. The van der Waals surface area contributed by atoms with E-state index in [1.165, 1.54) is 0 Å². The third-order valence-electron chi connectivity index (χ3n) is 3.48. The van der Waals surface area contributed by atoms with Crippen molar-refractivity contribution >= 4 is 11.6 Å². The Morgan fingerprint density at radius 3 is 2.38 bits per heavy atom. The van der Waals surface area contributed by atoms with Gasteiger partial charge in [0.05, 0.1) is 12.1 Å². The lowest BCUT2D eigenvalue weighted by Gasteiger charge is -2.30. The predicted octanol–water partition coefficient (Wildman–Crippen LogP) is 2.40. The van der Waals surface area contributed by atoms with E-state index in [-0.39, 0.29) is 6.61 Å². The van der Waals surface area contributed by atoms with Crippen molar-refractivity contribution in [3.63, 3.8) is 0 Å². The van der Waals surface area contributed by atoms with Crippen molar-refractivity contribution in [3.05, 3.63) is 47.8 Å². The highest BCUT2D eigenvalue weighted by Crippen LogP contribution is 2.25. The van der Waals surface area contributed by atoms with E-state index in [9.17, 15) is 5.11 Å². The van der Waals surface area contributed by atoms with Crippen molar-refractivity contribution in [1.82, 2.24) is 9.97 Å². The van der Waals surface area contributed by atoms with Crippen LogP contribution in [0.4, 0.5) is 11.6 Å². The van der Waals surface area contributed by atoms with Crippen molar-refractivity contribution in [2.45, 2.75) is 25.8 Å². The molecule has 3 N–H and O–H groups in total. The molecule has 0 bridgehead atoms. The van der Waals surface area contributed by atoms with E-state index in [1.807, 2.05) is 57.3 Å². The van der Waals surface area contributed by atoms with Crippen molar-refractivity contribution in [2.75, 3.05) is 24.3 Å². The van der Waals surface area contributed by atoms with E-state index in [2.05, 4.69) is 20.6 Å². The van der Waals surface area contributed by atoms with Crippen molar-refractivity contribution in [1.29, 1.82) is 0 Å². The first kappa shape index (κ1) is 15.3. The molecule has 0 aliphatic rings. The molecule has 2 rings (SSSR count). The molecule has 0 aliphatic carbocycles. The van der Waals surface area contributed by atoms with Crippen LogP contribution in [0.2, 0.25) is 0 Å². The molecule has 0 spiro atoms. The fourth-order valence-electron chi connectivity index (χ4n) is 2.14. The molecule has 1 aromatic carbocycles. The van der Waals surface area contributed by atoms with Crippen LogP contribution in [0, 0.1) is 0 Å². The molecule has 1 aromatic heterocycles. The summed E-state index contributed by atoms with van der Waals surface area (Å²) in [6, 6.07) is 11.7. The zero-order valence-corrected chi connectivity index (χ0v) is 12.7. The van der Waals surface area contributed by atoms with Crippen molar-refractivity contribution < 1.29 is 5.11 Å². The van der Waals surface area contributed by atoms with E-state index < -0.39 is 5.54 Å². The molecule has 2 aromatic rings. The molecule has 0 saturated carbocycles. The smallest absolute Gasteiger partial charge is 0.132 e. The summed E-state index contributed by atoms with van der Waals surface area (Å²) in [4.78, 5) is 8.86. The first-order valence-electron chi connectivity index (χ1n) is 7.11. The Hall–Kier alpha value is -2.14. The van der Waals surface area contributed by atoms with Gasteiger partial charge in [0.2, 0.25) is 0 Å². The van der Waals surface area contributed by atoms with Gasteiger partial charge < -0.3 is 15.7 Å². The first-order valence-corrected chi connectivity index (χ1v) is 7.11. The number of hydrogen-bond donors (Lipinski definition) is 3. The first-order chi connectivity index (χ1) is 10.1. The van der Waals surface area contributed by atoms with Crippen LogP contribution in [-0.2, 0) is 12.0 Å². The fourth-order valence-corrected chi connectivity index (χ4v) is 2.14. The van der Waals surface area contributed by atoms with Crippen molar-refractivity contribution in [2.24, 2.45) is 0 Å². The third-order valence-corrected chi connectivity index (χ3v) is 3.48. The highest BCUT2D eigenvalue weighted by Gasteiger charge is 2.26. The van der Waals surface area contributed by atoms with Gasteiger partial charge in [-0.2, -0.15) is 0 Å². The van der Waals surface area contributed by atoms with E-state index in [4.69, 9.17) is 0 Å². The Balaban J connectivity index is 2.34. The summed E-state index contributed by atoms with van der Waals surface area (Å²) in [6.07, 6.45) is 0.755. The summed E-state index contributed by atoms with van der Waals surface area (Å²) < 4.78 is 0. The quantitative estimate of drug-likeness (QED) is 0.760. The zero-order chi connectivity index (χ0) is 15.3. The SMILES string of the molecule is CCc1nc(NC)cc(NC(C)(CO)c2ccccc2)n1. The molecule has 1 atom stereocenters. The van der Waals surface area contributed by atoms with Gasteiger partial charge in [-0.3, -0.25) is 0 Å². The summed E-state index contributed by atoms with van der Waals surface area (Å²) in [7, 11) is 1.83.